The van der Waals surface area contributed by atoms with Gasteiger partial charge in [0.2, 0.25) is 0 Å². The second-order valence-corrected chi connectivity index (χ2v) is 7.86. The first-order valence-corrected chi connectivity index (χ1v) is 9.29. The molecule has 0 radical (unpaired) electrons. The number of hydrogen-bond donors (Lipinski definition) is 0. The second kappa shape index (κ2) is 7.32. The van der Waals surface area contributed by atoms with Crippen molar-refractivity contribution >= 4 is 33.0 Å². The summed E-state index contributed by atoms with van der Waals surface area (Å²) in [7, 11) is -2.89. The highest BCUT2D eigenvalue weighted by Gasteiger charge is 2.43. The van der Waals surface area contributed by atoms with Crippen molar-refractivity contribution < 1.29 is 13.2 Å². The zero-order chi connectivity index (χ0) is 13.6. The lowest BCUT2D eigenvalue weighted by atomic mass is 9.76. The maximum atomic E-state index is 11.6. The van der Waals surface area contributed by atoms with Gasteiger partial charge in [-0.25, -0.2) is 8.42 Å². The lowest BCUT2D eigenvalue weighted by molar-refractivity contribution is 0.0890. The third kappa shape index (κ3) is 4.26. The van der Waals surface area contributed by atoms with Crippen LogP contribution in [0.15, 0.2) is 0 Å². The molecule has 0 aromatic carbocycles. The van der Waals surface area contributed by atoms with Crippen molar-refractivity contribution in [2.45, 2.75) is 26.2 Å². The Morgan fingerprint density at radius 3 is 2.39 bits per heavy atom. The van der Waals surface area contributed by atoms with Gasteiger partial charge in [-0.3, -0.25) is 0 Å². The van der Waals surface area contributed by atoms with E-state index in [-0.39, 0.29) is 22.8 Å². The Labute approximate surface area is 120 Å². The first kappa shape index (κ1) is 16.5. The summed E-state index contributed by atoms with van der Waals surface area (Å²) in [6.45, 7) is 3.38. The van der Waals surface area contributed by atoms with Gasteiger partial charge in [0.25, 0.3) is 0 Å². The average molecular weight is 317 g/mol. The molecular formula is C12H22Cl2O3S. The third-order valence-corrected chi connectivity index (χ3v) is 6.56. The van der Waals surface area contributed by atoms with Gasteiger partial charge in [0.05, 0.1) is 11.5 Å². The van der Waals surface area contributed by atoms with Gasteiger partial charge < -0.3 is 4.74 Å². The van der Waals surface area contributed by atoms with Gasteiger partial charge in [0.15, 0.2) is 9.84 Å². The third-order valence-electron chi connectivity index (χ3n) is 3.72. The van der Waals surface area contributed by atoms with E-state index >= 15 is 0 Å². The van der Waals surface area contributed by atoms with Gasteiger partial charge in [0.1, 0.15) is 0 Å². The van der Waals surface area contributed by atoms with Crippen molar-refractivity contribution in [2.75, 3.05) is 36.5 Å². The molecular weight excluding hydrogens is 295 g/mol. The summed E-state index contributed by atoms with van der Waals surface area (Å²) >= 11 is 12.2. The van der Waals surface area contributed by atoms with Crippen LogP contribution in [0.3, 0.4) is 0 Å². The van der Waals surface area contributed by atoms with Crippen molar-refractivity contribution in [3.63, 3.8) is 0 Å². The van der Waals surface area contributed by atoms with Crippen molar-refractivity contribution in [1.29, 1.82) is 0 Å². The van der Waals surface area contributed by atoms with Gasteiger partial charge in [0, 0.05) is 30.4 Å². The van der Waals surface area contributed by atoms with Crippen molar-refractivity contribution in [1.82, 2.24) is 0 Å². The van der Waals surface area contributed by atoms with E-state index in [0.29, 0.717) is 24.8 Å². The summed E-state index contributed by atoms with van der Waals surface area (Å²) in [6, 6.07) is 0. The topological polar surface area (TPSA) is 43.4 Å². The van der Waals surface area contributed by atoms with E-state index < -0.39 is 9.84 Å². The predicted molar refractivity (Wildman–Crippen MR) is 76.4 cm³/mol. The second-order valence-electron chi connectivity index (χ2n) is 5.09. The summed E-state index contributed by atoms with van der Waals surface area (Å²) in [6.07, 6.45) is 2.39. The lowest BCUT2D eigenvalue weighted by Crippen LogP contribution is -2.36. The molecule has 1 aliphatic rings. The lowest BCUT2D eigenvalue weighted by Gasteiger charge is -2.35. The van der Waals surface area contributed by atoms with Crippen molar-refractivity contribution in [3.8, 4) is 0 Å². The molecule has 0 saturated carbocycles. The van der Waals surface area contributed by atoms with E-state index in [0.717, 1.165) is 19.4 Å². The minimum Gasteiger partial charge on any atom is -0.381 e. The quantitative estimate of drug-likeness (QED) is 0.511. The maximum absolute atomic E-state index is 11.6. The molecule has 1 rings (SSSR count). The SMILES string of the molecule is CCCOCCC(CCl)(CCl)C1CCS(=O)(=O)C1. The van der Waals surface area contributed by atoms with E-state index in [1.165, 1.54) is 0 Å². The van der Waals surface area contributed by atoms with Crippen LogP contribution in [0.2, 0.25) is 0 Å². The van der Waals surface area contributed by atoms with E-state index in [1.54, 1.807) is 0 Å². The van der Waals surface area contributed by atoms with E-state index in [9.17, 15) is 8.42 Å². The van der Waals surface area contributed by atoms with Crippen LogP contribution >= 0.6 is 23.2 Å². The Bertz CT molecular complexity index is 339. The number of alkyl halides is 2. The molecule has 0 aromatic heterocycles. The molecule has 0 bridgehead atoms. The number of hydrogen-bond acceptors (Lipinski definition) is 3. The Hall–Kier alpha value is 0.490. The van der Waals surface area contributed by atoms with Crippen LogP contribution in [0.25, 0.3) is 0 Å². The summed E-state index contributed by atoms with van der Waals surface area (Å²) in [4.78, 5) is 0. The fourth-order valence-corrected chi connectivity index (χ4v) is 5.32. The minimum absolute atomic E-state index is 0.0720. The molecule has 1 heterocycles. The number of rotatable bonds is 8. The molecule has 0 aliphatic carbocycles. The zero-order valence-electron chi connectivity index (χ0n) is 10.8. The number of halogens is 2. The molecule has 18 heavy (non-hydrogen) atoms. The highest BCUT2D eigenvalue weighted by Crippen LogP contribution is 2.41. The van der Waals surface area contributed by atoms with Crippen LogP contribution in [-0.4, -0.2) is 44.9 Å². The molecule has 0 aromatic rings. The fourth-order valence-electron chi connectivity index (χ4n) is 2.39. The molecule has 0 spiro atoms. The predicted octanol–water partition coefficient (Wildman–Crippen LogP) is 2.70. The van der Waals surface area contributed by atoms with Crippen LogP contribution in [0.4, 0.5) is 0 Å². The molecule has 1 saturated heterocycles. The molecule has 1 fully saturated rings. The highest BCUT2D eigenvalue weighted by molar-refractivity contribution is 7.91. The van der Waals surface area contributed by atoms with Crippen LogP contribution in [-0.2, 0) is 14.6 Å². The standard InChI is InChI=1S/C12H22Cl2O3S/c1-2-5-17-6-4-12(9-13,10-14)11-3-7-18(15,16)8-11/h11H,2-10H2,1H3. The van der Waals surface area contributed by atoms with Crippen LogP contribution < -0.4 is 0 Å². The van der Waals surface area contributed by atoms with Crippen molar-refractivity contribution in [3.05, 3.63) is 0 Å². The molecule has 108 valence electrons. The van der Waals surface area contributed by atoms with Crippen LogP contribution in [0, 0.1) is 11.3 Å². The molecule has 1 aliphatic heterocycles. The normalized spacial score (nSPS) is 23.4. The van der Waals surface area contributed by atoms with E-state index in [4.69, 9.17) is 27.9 Å². The minimum atomic E-state index is -2.89. The molecule has 0 amide bonds. The van der Waals surface area contributed by atoms with Crippen LogP contribution in [0.1, 0.15) is 26.2 Å². The molecule has 6 heteroatoms. The van der Waals surface area contributed by atoms with Gasteiger partial charge in [-0.05, 0) is 25.2 Å². The number of sulfone groups is 1. The molecule has 0 N–H and O–H groups in total. The summed E-state index contributed by atoms with van der Waals surface area (Å²) < 4.78 is 28.6. The Balaban J connectivity index is 2.62. The fraction of sp³-hybridized carbons (Fsp3) is 1.00. The Morgan fingerprint density at radius 2 is 1.94 bits per heavy atom. The monoisotopic (exact) mass is 316 g/mol. The zero-order valence-corrected chi connectivity index (χ0v) is 13.2. The molecule has 3 nitrogen and oxygen atoms in total. The van der Waals surface area contributed by atoms with Gasteiger partial charge >= 0.3 is 0 Å². The highest BCUT2D eigenvalue weighted by atomic mass is 35.5. The number of ether oxygens (including phenoxy) is 1. The maximum Gasteiger partial charge on any atom is 0.150 e. The van der Waals surface area contributed by atoms with Crippen molar-refractivity contribution in [2.24, 2.45) is 11.3 Å². The van der Waals surface area contributed by atoms with Gasteiger partial charge in [-0.2, -0.15) is 0 Å². The Kier molecular flexibility index (Phi) is 6.73. The van der Waals surface area contributed by atoms with Gasteiger partial charge in [-0.15, -0.1) is 23.2 Å². The average Bonchev–Trinajstić information content (AvgIpc) is 2.71. The summed E-state index contributed by atoms with van der Waals surface area (Å²) in [5.74, 6) is 1.35. The van der Waals surface area contributed by atoms with Gasteiger partial charge in [-0.1, -0.05) is 6.92 Å². The van der Waals surface area contributed by atoms with E-state index in [1.807, 2.05) is 0 Å². The van der Waals surface area contributed by atoms with E-state index in [2.05, 4.69) is 6.92 Å². The largest absolute Gasteiger partial charge is 0.381 e. The summed E-state index contributed by atoms with van der Waals surface area (Å²) in [5, 5.41) is 0. The molecule has 1 unspecified atom stereocenters. The molecule has 1 atom stereocenters. The first-order chi connectivity index (χ1) is 8.49. The summed E-state index contributed by atoms with van der Waals surface area (Å²) in [5.41, 5.74) is -0.305. The Morgan fingerprint density at radius 1 is 1.28 bits per heavy atom. The smallest absolute Gasteiger partial charge is 0.150 e. The first-order valence-electron chi connectivity index (χ1n) is 6.40. The van der Waals surface area contributed by atoms with Crippen LogP contribution in [0.5, 0.6) is 0 Å².